The van der Waals surface area contributed by atoms with Gasteiger partial charge in [-0.1, -0.05) is 61.0 Å². The van der Waals surface area contributed by atoms with E-state index in [0.717, 1.165) is 33.7 Å². The minimum atomic E-state index is -0.0556. The number of amides is 1. The fourth-order valence-corrected chi connectivity index (χ4v) is 3.67. The molecule has 0 fully saturated rings. The van der Waals surface area contributed by atoms with Crippen molar-refractivity contribution in [2.75, 3.05) is 6.54 Å². The molecule has 0 spiro atoms. The number of nitrogens with one attached hydrogen (secondary N) is 1. The zero-order valence-corrected chi connectivity index (χ0v) is 15.5. The van der Waals surface area contributed by atoms with Crippen LogP contribution in [0, 0.1) is 0 Å². The minimum absolute atomic E-state index is 0.0556. The first-order chi connectivity index (χ1) is 12.2. The van der Waals surface area contributed by atoms with E-state index in [4.69, 9.17) is 11.6 Å². The van der Waals surface area contributed by atoms with Gasteiger partial charge in [0.25, 0.3) is 5.91 Å². The van der Waals surface area contributed by atoms with Crippen molar-refractivity contribution in [3.63, 3.8) is 0 Å². The standard InChI is InChI=1S/C20H19ClN2OS/c1-2-3-11-22-20(24)17-13-19(23-18-10-5-4-9-16(17)18)25-15-8-6-7-14(21)12-15/h4-10,12-13H,2-3,11H2,1H3,(H,22,24). The summed E-state index contributed by atoms with van der Waals surface area (Å²) in [6, 6.07) is 17.2. The Morgan fingerprint density at radius 1 is 1.16 bits per heavy atom. The Hall–Kier alpha value is -2.04. The topological polar surface area (TPSA) is 42.0 Å². The highest BCUT2D eigenvalue weighted by Crippen LogP contribution is 2.31. The maximum absolute atomic E-state index is 12.6. The van der Waals surface area contributed by atoms with E-state index in [1.807, 2.05) is 54.6 Å². The van der Waals surface area contributed by atoms with Crippen molar-refractivity contribution >= 4 is 40.2 Å². The van der Waals surface area contributed by atoms with Crippen LogP contribution in [-0.4, -0.2) is 17.4 Å². The maximum atomic E-state index is 12.6. The van der Waals surface area contributed by atoms with Crippen LogP contribution in [0.1, 0.15) is 30.1 Å². The first kappa shape index (κ1) is 17.8. The molecule has 3 nitrogen and oxygen atoms in total. The van der Waals surface area contributed by atoms with Gasteiger partial charge in [-0.05, 0) is 36.8 Å². The lowest BCUT2D eigenvalue weighted by molar-refractivity contribution is 0.0954. The highest BCUT2D eigenvalue weighted by atomic mass is 35.5. The van der Waals surface area contributed by atoms with Gasteiger partial charge >= 0.3 is 0 Å². The third kappa shape index (κ3) is 4.53. The molecule has 5 heteroatoms. The number of rotatable bonds is 6. The van der Waals surface area contributed by atoms with Crippen LogP contribution in [0.25, 0.3) is 10.9 Å². The molecule has 0 aliphatic heterocycles. The number of carbonyl (C=O) groups excluding carboxylic acids is 1. The van der Waals surface area contributed by atoms with Gasteiger partial charge in [-0.15, -0.1) is 0 Å². The molecule has 0 bridgehead atoms. The largest absolute Gasteiger partial charge is 0.352 e. The molecule has 3 aromatic rings. The van der Waals surface area contributed by atoms with E-state index in [9.17, 15) is 4.79 Å². The summed E-state index contributed by atoms with van der Waals surface area (Å²) in [4.78, 5) is 18.3. The van der Waals surface area contributed by atoms with Gasteiger partial charge in [0.15, 0.2) is 0 Å². The van der Waals surface area contributed by atoms with Crippen molar-refractivity contribution in [1.82, 2.24) is 10.3 Å². The maximum Gasteiger partial charge on any atom is 0.252 e. The molecule has 0 saturated carbocycles. The molecule has 0 saturated heterocycles. The summed E-state index contributed by atoms with van der Waals surface area (Å²) >= 11 is 7.56. The first-order valence-corrected chi connectivity index (χ1v) is 9.48. The average molecular weight is 371 g/mol. The predicted octanol–water partition coefficient (Wildman–Crippen LogP) is 5.57. The lowest BCUT2D eigenvalue weighted by Crippen LogP contribution is -2.24. The third-order valence-electron chi connectivity index (χ3n) is 3.77. The van der Waals surface area contributed by atoms with Crippen LogP contribution >= 0.6 is 23.4 Å². The minimum Gasteiger partial charge on any atom is -0.352 e. The Balaban J connectivity index is 1.95. The highest BCUT2D eigenvalue weighted by molar-refractivity contribution is 7.99. The van der Waals surface area contributed by atoms with E-state index >= 15 is 0 Å². The number of hydrogen-bond donors (Lipinski definition) is 1. The summed E-state index contributed by atoms with van der Waals surface area (Å²) in [6.07, 6.45) is 2.02. The van der Waals surface area contributed by atoms with Gasteiger partial charge in [0.2, 0.25) is 0 Å². The van der Waals surface area contributed by atoms with Gasteiger partial charge < -0.3 is 5.32 Å². The van der Waals surface area contributed by atoms with Crippen LogP contribution in [0.4, 0.5) is 0 Å². The summed E-state index contributed by atoms with van der Waals surface area (Å²) in [5.41, 5.74) is 1.47. The van der Waals surface area contributed by atoms with Crippen LogP contribution in [0.5, 0.6) is 0 Å². The van der Waals surface area contributed by atoms with E-state index in [1.165, 1.54) is 11.8 Å². The molecule has 0 aliphatic rings. The number of para-hydroxylation sites is 1. The molecule has 1 N–H and O–H groups in total. The second-order valence-electron chi connectivity index (χ2n) is 5.69. The van der Waals surface area contributed by atoms with Crippen molar-refractivity contribution in [3.8, 4) is 0 Å². The first-order valence-electron chi connectivity index (χ1n) is 8.29. The number of fused-ring (bicyclic) bond motifs is 1. The Kier molecular flexibility index (Phi) is 5.95. The predicted molar refractivity (Wildman–Crippen MR) is 105 cm³/mol. The molecule has 128 valence electrons. The lowest BCUT2D eigenvalue weighted by atomic mass is 10.1. The second kappa shape index (κ2) is 8.37. The monoisotopic (exact) mass is 370 g/mol. The fourth-order valence-electron chi connectivity index (χ4n) is 2.52. The molecule has 0 atom stereocenters. The molecule has 1 heterocycles. The Morgan fingerprint density at radius 2 is 2.00 bits per heavy atom. The quantitative estimate of drug-likeness (QED) is 0.577. The zero-order chi connectivity index (χ0) is 17.6. The van der Waals surface area contributed by atoms with E-state index in [2.05, 4.69) is 17.2 Å². The number of pyridine rings is 1. The van der Waals surface area contributed by atoms with Crippen LogP contribution in [0.3, 0.4) is 0 Å². The van der Waals surface area contributed by atoms with E-state index in [0.29, 0.717) is 17.1 Å². The number of benzene rings is 2. The Labute approximate surface area is 156 Å². The molecular weight excluding hydrogens is 352 g/mol. The molecule has 0 aliphatic carbocycles. The molecule has 1 aromatic heterocycles. The van der Waals surface area contributed by atoms with Gasteiger partial charge in [0.05, 0.1) is 11.1 Å². The van der Waals surface area contributed by atoms with E-state index in [1.54, 1.807) is 0 Å². The number of aromatic nitrogens is 1. The Bertz CT molecular complexity index is 898. The lowest BCUT2D eigenvalue weighted by Gasteiger charge is -2.10. The summed E-state index contributed by atoms with van der Waals surface area (Å²) in [7, 11) is 0. The van der Waals surface area contributed by atoms with Gasteiger partial charge in [-0.2, -0.15) is 0 Å². The molecule has 25 heavy (non-hydrogen) atoms. The SMILES string of the molecule is CCCCNC(=O)c1cc(Sc2cccc(Cl)c2)nc2ccccc12. The van der Waals surface area contributed by atoms with Crippen LogP contribution in [0.2, 0.25) is 5.02 Å². The second-order valence-corrected chi connectivity index (χ2v) is 7.22. The molecular formula is C20H19ClN2OS. The molecule has 3 rings (SSSR count). The van der Waals surface area contributed by atoms with Crippen LogP contribution in [-0.2, 0) is 0 Å². The summed E-state index contributed by atoms with van der Waals surface area (Å²) in [5.74, 6) is -0.0556. The van der Waals surface area contributed by atoms with Crippen LogP contribution in [0.15, 0.2) is 64.5 Å². The zero-order valence-electron chi connectivity index (χ0n) is 14.0. The van der Waals surface area contributed by atoms with Gasteiger partial charge in [-0.25, -0.2) is 4.98 Å². The number of unbranched alkanes of at least 4 members (excludes halogenated alkanes) is 1. The van der Waals surface area contributed by atoms with Gasteiger partial charge in [0, 0.05) is 21.8 Å². The smallest absolute Gasteiger partial charge is 0.252 e. The summed E-state index contributed by atoms with van der Waals surface area (Å²) < 4.78 is 0. The van der Waals surface area contributed by atoms with E-state index in [-0.39, 0.29) is 5.91 Å². The normalized spacial score (nSPS) is 10.8. The van der Waals surface area contributed by atoms with Crippen molar-refractivity contribution in [1.29, 1.82) is 0 Å². The number of carbonyl (C=O) groups is 1. The fraction of sp³-hybridized carbons (Fsp3) is 0.200. The third-order valence-corrected chi connectivity index (χ3v) is 4.91. The van der Waals surface area contributed by atoms with Crippen molar-refractivity contribution in [2.45, 2.75) is 29.7 Å². The number of nitrogens with zero attached hydrogens (tertiary/aromatic N) is 1. The van der Waals surface area contributed by atoms with Gasteiger partial charge in [0.1, 0.15) is 5.03 Å². The van der Waals surface area contributed by atoms with Crippen molar-refractivity contribution in [3.05, 3.63) is 65.2 Å². The van der Waals surface area contributed by atoms with Crippen LogP contribution < -0.4 is 5.32 Å². The van der Waals surface area contributed by atoms with Gasteiger partial charge in [-0.3, -0.25) is 4.79 Å². The molecule has 0 unspecified atom stereocenters. The number of hydrogen-bond acceptors (Lipinski definition) is 3. The summed E-state index contributed by atoms with van der Waals surface area (Å²) in [5, 5.41) is 5.33. The molecule has 0 radical (unpaired) electrons. The van der Waals surface area contributed by atoms with Crippen molar-refractivity contribution in [2.24, 2.45) is 0 Å². The van der Waals surface area contributed by atoms with E-state index < -0.39 is 0 Å². The average Bonchev–Trinajstić information content (AvgIpc) is 2.61. The van der Waals surface area contributed by atoms with Crippen molar-refractivity contribution < 1.29 is 4.79 Å². The Morgan fingerprint density at radius 3 is 2.80 bits per heavy atom. The molecule has 1 amide bonds. The highest BCUT2D eigenvalue weighted by Gasteiger charge is 2.13. The summed E-state index contributed by atoms with van der Waals surface area (Å²) in [6.45, 7) is 2.79. The number of halogens is 1. The molecule has 2 aromatic carbocycles.